The summed E-state index contributed by atoms with van der Waals surface area (Å²) in [5.41, 5.74) is 1.40. The number of carbonyl (C=O) groups is 1. The molecule has 22 heavy (non-hydrogen) atoms. The largest absolute Gasteiger partial charge is 0.492 e. The second kappa shape index (κ2) is 7.99. The molecule has 2 aromatic rings. The molecule has 0 aliphatic heterocycles. The Bertz CT molecular complexity index is 623. The van der Waals surface area contributed by atoms with Gasteiger partial charge in [-0.05, 0) is 29.7 Å². The molecule has 0 unspecified atom stereocenters. The summed E-state index contributed by atoms with van der Waals surface area (Å²) in [6, 6.07) is 14.9. The topological polar surface area (TPSA) is 35.5 Å². The van der Waals surface area contributed by atoms with Crippen molar-refractivity contribution in [2.24, 2.45) is 5.92 Å². The van der Waals surface area contributed by atoms with Crippen molar-refractivity contribution in [2.45, 2.75) is 20.5 Å². The fourth-order valence-electron chi connectivity index (χ4n) is 1.84. The van der Waals surface area contributed by atoms with Gasteiger partial charge in [0.15, 0.2) is 0 Å². The molecule has 116 valence electrons. The summed E-state index contributed by atoms with van der Waals surface area (Å²) in [5, 5.41) is 0. The summed E-state index contributed by atoms with van der Waals surface area (Å²) in [6.45, 7) is 4.92. The Balaban J connectivity index is 2.08. The van der Waals surface area contributed by atoms with Gasteiger partial charge in [0.05, 0.1) is 6.61 Å². The van der Waals surface area contributed by atoms with Gasteiger partial charge in [-0.1, -0.05) is 60.1 Å². The van der Waals surface area contributed by atoms with Gasteiger partial charge in [0.2, 0.25) is 0 Å². The van der Waals surface area contributed by atoms with Gasteiger partial charge in [-0.3, -0.25) is 0 Å². The molecule has 0 saturated heterocycles. The highest BCUT2D eigenvalue weighted by Gasteiger charge is 2.15. The molecular formula is C18H19BrO3. The van der Waals surface area contributed by atoms with Crippen LogP contribution in [0, 0.1) is 5.92 Å². The van der Waals surface area contributed by atoms with Gasteiger partial charge >= 0.3 is 5.97 Å². The third kappa shape index (κ3) is 4.88. The Hall–Kier alpha value is -1.81. The number of benzene rings is 2. The fourth-order valence-corrected chi connectivity index (χ4v) is 2.18. The molecule has 0 amide bonds. The van der Waals surface area contributed by atoms with Crippen LogP contribution in [-0.2, 0) is 11.3 Å². The molecule has 0 aliphatic carbocycles. The average Bonchev–Trinajstić information content (AvgIpc) is 2.51. The number of rotatable bonds is 6. The first-order chi connectivity index (χ1) is 10.6. The quantitative estimate of drug-likeness (QED) is 0.689. The Morgan fingerprint density at radius 2 is 1.86 bits per heavy atom. The van der Waals surface area contributed by atoms with Crippen LogP contribution in [0.1, 0.15) is 29.8 Å². The third-order valence-electron chi connectivity index (χ3n) is 2.95. The lowest BCUT2D eigenvalue weighted by atomic mass is 10.2. The Labute approximate surface area is 139 Å². The predicted molar refractivity (Wildman–Crippen MR) is 90.0 cm³/mol. The first-order valence-corrected chi connectivity index (χ1v) is 7.99. The van der Waals surface area contributed by atoms with Gasteiger partial charge in [0, 0.05) is 4.47 Å². The lowest BCUT2D eigenvalue weighted by Gasteiger charge is -2.13. The molecule has 0 fully saturated rings. The van der Waals surface area contributed by atoms with Crippen LogP contribution in [0.5, 0.6) is 5.75 Å². The molecule has 0 saturated carbocycles. The average molecular weight is 363 g/mol. The molecule has 0 heterocycles. The molecule has 2 aromatic carbocycles. The first kappa shape index (κ1) is 16.6. The van der Waals surface area contributed by atoms with E-state index in [2.05, 4.69) is 29.8 Å². The molecule has 0 N–H and O–H groups in total. The molecule has 0 aromatic heterocycles. The van der Waals surface area contributed by atoms with Crippen molar-refractivity contribution in [1.29, 1.82) is 0 Å². The van der Waals surface area contributed by atoms with Gasteiger partial charge in [0.1, 0.15) is 17.9 Å². The normalized spacial score (nSPS) is 10.5. The maximum absolute atomic E-state index is 12.3. The number of hydrogen-bond acceptors (Lipinski definition) is 3. The molecule has 3 nitrogen and oxygen atoms in total. The standard InChI is InChI=1S/C18H19BrO3/c1-13(2)11-21-17-10-15(19)8-9-16(17)18(20)22-12-14-6-4-3-5-7-14/h3-10,13H,11-12H2,1-2H3. The highest BCUT2D eigenvalue weighted by atomic mass is 79.9. The Morgan fingerprint density at radius 3 is 2.55 bits per heavy atom. The van der Waals surface area contributed by atoms with Crippen molar-refractivity contribution in [3.63, 3.8) is 0 Å². The zero-order chi connectivity index (χ0) is 15.9. The summed E-state index contributed by atoms with van der Waals surface area (Å²) >= 11 is 3.40. The van der Waals surface area contributed by atoms with Crippen LogP contribution < -0.4 is 4.74 Å². The third-order valence-corrected chi connectivity index (χ3v) is 3.44. The van der Waals surface area contributed by atoms with Crippen LogP contribution in [0.3, 0.4) is 0 Å². The maximum Gasteiger partial charge on any atom is 0.342 e. The summed E-state index contributed by atoms with van der Waals surface area (Å²) < 4.78 is 12.0. The minimum Gasteiger partial charge on any atom is -0.492 e. The van der Waals surface area contributed by atoms with E-state index in [1.165, 1.54) is 0 Å². The highest BCUT2D eigenvalue weighted by Crippen LogP contribution is 2.25. The van der Waals surface area contributed by atoms with Crippen molar-refractivity contribution in [1.82, 2.24) is 0 Å². The van der Waals surface area contributed by atoms with E-state index in [4.69, 9.17) is 9.47 Å². The zero-order valence-electron chi connectivity index (χ0n) is 12.7. The summed E-state index contributed by atoms with van der Waals surface area (Å²) in [7, 11) is 0. The Morgan fingerprint density at radius 1 is 1.14 bits per heavy atom. The van der Waals surface area contributed by atoms with Gasteiger partial charge in [0.25, 0.3) is 0 Å². The zero-order valence-corrected chi connectivity index (χ0v) is 14.3. The number of halogens is 1. The molecule has 0 bridgehead atoms. The van der Waals surface area contributed by atoms with E-state index in [9.17, 15) is 4.79 Å². The van der Waals surface area contributed by atoms with Crippen molar-refractivity contribution < 1.29 is 14.3 Å². The number of esters is 1. The summed E-state index contributed by atoms with van der Waals surface area (Å²) in [4.78, 5) is 12.3. The van der Waals surface area contributed by atoms with Gasteiger partial charge < -0.3 is 9.47 Å². The lowest BCUT2D eigenvalue weighted by Crippen LogP contribution is -2.11. The fraction of sp³-hybridized carbons (Fsp3) is 0.278. The van der Waals surface area contributed by atoms with Crippen LogP contribution in [-0.4, -0.2) is 12.6 Å². The molecule has 0 atom stereocenters. The van der Waals surface area contributed by atoms with Gasteiger partial charge in [-0.2, -0.15) is 0 Å². The van der Waals surface area contributed by atoms with Crippen LogP contribution in [0.25, 0.3) is 0 Å². The highest BCUT2D eigenvalue weighted by molar-refractivity contribution is 9.10. The molecule has 2 rings (SSSR count). The van der Waals surface area contributed by atoms with Gasteiger partial charge in [-0.25, -0.2) is 4.79 Å². The smallest absolute Gasteiger partial charge is 0.342 e. The second-order valence-electron chi connectivity index (χ2n) is 5.41. The van der Waals surface area contributed by atoms with Crippen LogP contribution in [0.2, 0.25) is 0 Å². The van der Waals surface area contributed by atoms with E-state index in [1.807, 2.05) is 30.3 Å². The maximum atomic E-state index is 12.3. The number of carbonyl (C=O) groups excluding carboxylic acids is 1. The van der Waals surface area contributed by atoms with E-state index >= 15 is 0 Å². The molecular weight excluding hydrogens is 344 g/mol. The molecule has 0 spiro atoms. The molecule has 0 aliphatic rings. The van der Waals surface area contributed by atoms with E-state index < -0.39 is 0 Å². The second-order valence-corrected chi connectivity index (χ2v) is 6.32. The molecule has 0 radical (unpaired) electrons. The van der Waals surface area contributed by atoms with E-state index in [1.54, 1.807) is 18.2 Å². The van der Waals surface area contributed by atoms with Crippen LogP contribution in [0.4, 0.5) is 0 Å². The first-order valence-electron chi connectivity index (χ1n) is 7.19. The van der Waals surface area contributed by atoms with Crippen molar-refractivity contribution >= 4 is 21.9 Å². The minimum atomic E-state index is -0.380. The monoisotopic (exact) mass is 362 g/mol. The Kier molecular flexibility index (Phi) is 6.01. The minimum absolute atomic E-state index is 0.249. The number of hydrogen-bond donors (Lipinski definition) is 0. The lowest BCUT2D eigenvalue weighted by molar-refractivity contribution is 0.0467. The predicted octanol–water partition coefficient (Wildman–Crippen LogP) is 4.84. The van der Waals surface area contributed by atoms with E-state index in [0.29, 0.717) is 23.8 Å². The van der Waals surface area contributed by atoms with Crippen molar-refractivity contribution in [3.05, 3.63) is 64.1 Å². The summed E-state index contributed by atoms with van der Waals surface area (Å²) in [5.74, 6) is 0.545. The number of ether oxygens (including phenoxy) is 2. The van der Waals surface area contributed by atoms with Crippen LogP contribution >= 0.6 is 15.9 Å². The van der Waals surface area contributed by atoms with E-state index in [0.717, 1.165) is 10.0 Å². The van der Waals surface area contributed by atoms with Crippen molar-refractivity contribution in [2.75, 3.05) is 6.61 Å². The van der Waals surface area contributed by atoms with Crippen molar-refractivity contribution in [3.8, 4) is 5.75 Å². The molecule has 4 heteroatoms. The van der Waals surface area contributed by atoms with Gasteiger partial charge in [-0.15, -0.1) is 0 Å². The SMILES string of the molecule is CC(C)COc1cc(Br)ccc1C(=O)OCc1ccccc1. The van der Waals surface area contributed by atoms with Crippen LogP contribution in [0.15, 0.2) is 53.0 Å². The summed E-state index contributed by atoms with van der Waals surface area (Å²) in [6.07, 6.45) is 0. The van der Waals surface area contributed by atoms with E-state index in [-0.39, 0.29) is 12.6 Å².